The van der Waals surface area contributed by atoms with Crippen molar-refractivity contribution in [1.82, 2.24) is 4.98 Å². The number of rotatable bonds is 3. The van der Waals surface area contributed by atoms with E-state index in [2.05, 4.69) is 18.0 Å². The smallest absolute Gasteiger partial charge is 0.0447 e. The topological polar surface area (TPSA) is 12.9 Å². The summed E-state index contributed by atoms with van der Waals surface area (Å²) in [5.74, 6) is 0.753. The van der Waals surface area contributed by atoms with Crippen molar-refractivity contribution in [1.29, 1.82) is 0 Å². The largest absolute Gasteiger partial charge is 0.261 e. The maximum absolute atomic E-state index is 6.24. The third-order valence-corrected chi connectivity index (χ3v) is 3.15. The summed E-state index contributed by atoms with van der Waals surface area (Å²) in [6.07, 6.45) is 5.39. The van der Waals surface area contributed by atoms with Gasteiger partial charge in [-0.3, -0.25) is 4.98 Å². The van der Waals surface area contributed by atoms with Crippen LogP contribution in [0.15, 0.2) is 18.3 Å². The molecular weight excluding hydrogens is 182 g/mol. The summed E-state index contributed by atoms with van der Waals surface area (Å²) in [7, 11) is 0. The van der Waals surface area contributed by atoms with Gasteiger partial charge < -0.3 is 0 Å². The van der Waals surface area contributed by atoms with E-state index < -0.39 is 0 Å². The minimum absolute atomic E-state index is 0.300. The van der Waals surface area contributed by atoms with Gasteiger partial charge in [-0.1, -0.05) is 6.07 Å². The van der Waals surface area contributed by atoms with Crippen molar-refractivity contribution in [3.05, 3.63) is 29.6 Å². The van der Waals surface area contributed by atoms with Crippen LogP contribution in [-0.2, 0) is 6.42 Å². The summed E-state index contributed by atoms with van der Waals surface area (Å²) in [5, 5.41) is 0.300. The van der Waals surface area contributed by atoms with Crippen molar-refractivity contribution in [2.24, 2.45) is 5.92 Å². The first kappa shape index (κ1) is 9.01. The molecule has 0 amide bonds. The SMILES string of the molecule is Cc1cccnc1CC(Cl)C1CC1. The van der Waals surface area contributed by atoms with E-state index in [0.29, 0.717) is 5.38 Å². The first-order chi connectivity index (χ1) is 6.27. The lowest BCUT2D eigenvalue weighted by molar-refractivity contribution is 0.721. The van der Waals surface area contributed by atoms with Gasteiger partial charge in [-0.05, 0) is 37.3 Å². The van der Waals surface area contributed by atoms with E-state index in [0.717, 1.165) is 18.0 Å². The van der Waals surface area contributed by atoms with E-state index >= 15 is 0 Å². The fourth-order valence-corrected chi connectivity index (χ4v) is 1.94. The summed E-state index contributed by atoms with van der Waals surface area (Å²) in [6.45, 7) is 2.10. The highest BCUT2D eigenvalue weighted by molar-refractivity contribution is 6.21. The molecule has 1 aliphatic carbocycles. The predicted molar refractivity (Wildman–Crippen MR) is 55.0 cm³/mol. The molecule has 1 atom stereocenters. The molecule has 0 N–H and O–H groups in total. The summed E-state index contributed by atoms with van der Waals surface area (Å²) < 4.78 is 0. The Kier molecular flexibility index (Phi) is 2.54. The van der Waals surface area contributed by atoms with Crippen LogP contribution in [0.2, 0.25) is 0 Å². The van der Waals surface area contributed by atoms with Crippen LogP contribution in [0.1, 0.15) is 24.1 Å². The fourth-order valence-electron chi connectivity index (χ4n) is 1.54. The summed E-state index contributed by atoms with van der Waals surface area (Å²) in [6, 6.07) is 4.07. The lowest BCUT2D eigenvalue weighted by atomic mass is 10.1. The van der Waals surface area contributed by atoms with Gasteiger partial charge >= 0.3 is 0 Å². The van der Waals surface area contributed by atoms with E-state index in [1.54, 1.807) is 0 Å². The molecule has 1 heterocycles. The van der Waals surface area contributed by atoms with Crippen LogP contribution >= 0.6 is 11.6 Å². The Morgan fingerprint density at radius 3 is 3.00 bits per heavy atom. The minimum Gasteiger partial charge on any atom is -0.261 e. The highest BCUT2D eigenvalue weighted by atomic mass is 35.5. The van der Waals surface area contributed by atoms with Gasteiger partial charge in [-0.25, -0.2) is 0 Å². The molecule has 0 saturated heterocycles. The van der Waals surface area contributed by atoms with Crippen molar-refractivity contribution >= 4 is 11.6 Å². The maximum Gasteiger partial charge on any atom is 0.0447 e. The van der Waals surface area contributed by atoms with Crippen LogP contribution in [0.4, 0.5) is 0 Å². The number of pyridine rings is 1. The molecule has 1 fully saturated rings. The molecule has 1 unspecified atom stereocenters. The van der Waals surface area contributed by atoms with E-state index in [-0.39, 0.29) is 0 Å². The number of alkyl halides is 1. The average Bonchev–Trinajstić information content (AvgIpc) is 2.91. The van der Waals surface area contributed by atoms with Gasteiger partial charge in [-0.2, -0.15) is 0 Å². The zero-order valence-corrected chi connectivity index (χ0v) is 8.59. The van der Waals surface area contributed by atoms with E-state index in [1.807, 2.05) is 12.3 Å². The summed E-state index contributed by atoms with van der Waals surface area (Å²) in [4.78, 5) is 4.34. The highest BCUT2D eigenvalue weighted by Gasteiger charge is 2.30. The first-order valence-corrected chi connectivity index (χ1v) is 5.25. The van der Waals surface area contributed by atoms with Crippen LogP contribution in [0.3, 0.4) is 0 Å². The molecule has 1 aliphatic rings. The standard InChI is InChI=1S/C11H14ClN/c1-8-3-2-6-13-11(8)7-10(12)9-4-5-9/h2-3,6,9-10H,4-5,7H2,1H3. The van der Waals surface area contributed by atoms with Crippen LogP contribution in [-0.4, -0.2) is 10.4 Å². The normalized spacial score (nSPS) is 18.6. The van der Waals surface area contributed by atoms with Gasteiger partial charge in [0.2, 0.25) is 0 Å². The third kappa shape index (κ3) is 2.22. The zero-order chi connectivity index (χ0) is 9.26. The Morgan fingerprint density at radius 2 is 2.38 bits per heavy atom. The molecule has 0 bridgehead atoms. The third-order valence-electron chi connectivity index (χ3n) is 2.64. The van der Waals surface area contributed by atoms with Gasteiger partial charge in [0, 0.05) is 23.7 Å². The Balaban J connectivity index is 2.03. The maximum atomic E-state index is 6.24. The number of nitrogens with zero attached hydrogens (tertiary/aromatic N) is 1. The van der Waals surface area contributed by atoms with E-state index in [1.165, 1.54) is 18.4 Å². The fraction of sp³-hybridized carbons (Fsp3) is 0.545. The van der Waals surface area contributed by atoms with E-state index in [4.69, 9.17) is 11.6 Å². The van der Waals surface area contributed by atoms with Crippen molar-refractivity contribution in [3.63, 3.8) is 0 Å². The molecule has 1 aromatic rings. The molecule has 1 nitrogen and oxygen atoms in total. The van der Waals surface area contributed by atoms with Crippen LogP contribution in [0.5, 0.6) is 0 Å². The van der Waals surface area contributed by atoms with Crippen LogP contribution in [0, 0.1) is 12.8 Å². The van der Waals surface area contributed by atoms with Crippen LogP contribution < -0.4 is 0 Å². The number of aromatic nitrogens is 1. The second-order valence-electron chi connectivity index (χ2n) is 3.82. The number of aryl methyl sites for hydroxylation is 1. The molecule has 1 saturated carbocycles. The summed E-state index contributed by atoms with van der Waals surface area (Å²) in [5.41, 5.74) is 2.42. The number of hydrogen-bond acceptors (Lipinski definition) is 1. The summed E-state index contributed by atoms with van der Waals surface area (Å²) >= 11 is 6.24. The Bertz CT molecular complexity index is 294. The molecule has 70 valence electrons. The molecule has 2 heteroatoms. The Hall–Kier alpha value is -0.560. The van der Waals surface area contributed by atoms with Gasteiger partial charge in [0.25, 0.3) is 0 Å². The van der Waals surface area contributed by atoms with E-state index in [9.17, 15) is 0 Å². The quantitative estimate of drug-likeness (QED) is 0.676. The van der Waals surface area contributed by atoms with Gasteiger partial charge in [0.05, 0.1) is 0 Å². The second kappa shape index (κ2) is 3.67. The number of halogens is 1. The van der Waals surface area contributed by atoms with Crippen LogP contribution in [0.25, 0.3) is 0 Å². The molecule has 13 heavy (non-hydrogen) atoms. The Labute approximate surface area is 84.1 Å². The van der Waals surface area contributed by atoms with Gasteiger partial charge in [0.15, 0.2) is 0 Å². The monoisotopic (exact) mass is 195 g/mol. The Morgan fingerprint density at radius 1 is 1.62 bits per heavy atom. The van der Waals surface area contributed by atoms with Crippen molar-refractivity contribution in [2.75, 3.05) is 0 Å². The minimum atomic E-state index is 0.300. The first-order valence-electron chi connectivity index (χ1n) is 4.82. The van der Waals surface area contributed by atoms with Gasteiger partial charge in [-0.15, -0.1) is 11.6 Å². The molecule has 1 aromatic heterocycles. The molecule has 0 aromatic carbocycles. The molecule has 0 spiro atoms. The van der Waals surface area contributed by atoms with Crippen molar-refractivity contribution in [2.45, 2.75) is 31.6 Å². The highest BCUT2D eigenvalue weighted by Crippen LogP contribution is 2.37. The zero-order valence-electron chi connectivity index (χ0n) is 7.83. The van der Waals surface area contributed by atoms with Crippen molar-refractivity contribution < 1.29 is 0 Å². The molecule has 0 aliphatic heterocycles. The molecular formula is C11H14ClN. The lowest BCUT2D eigenvalue weighted by Gasteiger charge is -2.08. The van der Waals surface area contributed by atoms with Crippen molar-refractivity contribution in [3.8, 4) is 0 Å². The molecule has 0 radical (unpaired) electrons. The lowest BCUT2D eigenvalue weighted by Crippen LogP contribution is -2.08. The number of hydrogen-bond donors (Lipinski definition) is 0. The predicted octanol–water partition coefficient (Wildman–Crippen LogP) is 2.95. The average molecular weight is 196 g/mol. The second-order valence-corrected chi connectivity index (χ2v) is 4.39. The van der Waals surface area contributed by atoms with Gasteiger partial charge in [0.1, 0.15) is 0 Å². The molecule has 2 rings (SSSR count).